The van der Waals surface area contributed by atoms with E-state index in [9.17, 15) is 24.4 Å². The Balaban J connectivity index is 4.30. The average Bonchev–Trinajstić information content (AvgIpc) is 2.63. The molecule has 0 saturated carbocycles. The summed E-state index contributed by atoms with van der Waals surface area (Å²) >= 11 is 0. The summed E-state index contributed by atoms with van der Waals surface area (Å²) in [5.41, 5.74) is 3.82. The normalized spacial score (nSPS) is 11.6. The van der Waals surface area contributed by atoms with Gasteiger partial charge in [-0.1, -0.05) is 13.2 Å². The van der Waals surface area contributed by atoms with E-state index in [2.05, 4.69) is 34.4 Å². The van der Waals surface area contributed by atoms with Gasteiger partial charge in [0.1, 0.15) is 6.61 Å². The van der Waals surface area contributed by atoms with Crippen molar-refractivity contribution in [3.63, 3.8) is 0 Å². The lowest BCUT2D eigenvalue weighted by Crippen LogP contribution is -2.69. The largest absolute Gasteiger partial charge is 0.664 e. The first kappa shape index (κ1) is 24.8. The molecule has 0 heterocycles. The molecule has 28 heavy (non-hydrogen) atoms. The third kappa shape index (κ3) is 10.7. The second kappa shape index (κ2) is 13.1. The molecule has 0 radical (unpaired) electrons. The standard InChI is InChI=1S/C17H25N3O8/c1-10(2)16(23)26-7-12(8-28-25)20-14(21)5-6-19-15(22)13(18)9-27-17(24)11(3)4/h8,13,25H,1,3,5-7,9,18H2,2,4H3,(H,19,22)(H,20,21)/b12-8-/t13-/m0/s1. The molecule has 0 spiro atoms. The van der Waals surface area contributed by atoms with Crippen LogP contribution >= 0.6 is 0 Å². The van der Waals surface area contributed by atoms with Gasteiger partial charge in [0.05, 0.1) is 12.0 Å². The summed E-state index contributed by atoms with van der Waals surface area (Å²) in [6, 6.07) is -0.864. The van der Waals surface area contributed by atoms with E-state index in [1.165, 1.54) is 13.8 Å². The van der Waals surface area contributed by atoms with Crippen LogP contribution in [0.15, 0.2) is 36.3 Å². The van der Waals surface area contributed by atoms with Crippen molar-refractivity contribution < 1.29 is 44.5 Å². The van der Waals surface area contributed by atoms with Gasteiger partial charge in [-0.15, -0.1) is 0 Å². The quantitative estimate of drug-likeness (QED) is 0.107. The van der Waals surface area contributed by atoms with E-state index in [0.29, 0.717) is 6.26 Å². The molecule has 5 N–H and O–H groups in total. The van der Waals surface area contributed by atoms with E-state index in [4.69, 9.17) is 9.47 Å². The van der Waals surface area contributed by atoms with Crippen molar-refractivity contribution in [2.45, 2.75) is 26.3 Å². The Hall–Kier alpha value is -3.18. The molecule has 0 aromatic carbocycles. The van der Waals surface area contributed by atoms with Gasteiger partial charge in [-0.3, -0.25) is 9.59 Å². The molecule has 0 aliphatic rings. The number of hydrogen-bond donors (Lipinski definition) is 3. The zero-order valence-electron chi connectivity index (χ0n) is 15.9. The summed E-state index contributed by atoms with van der Waals surface area (Å²) in [4.78, 5) is 49.8. The monoisotopic (exact) mass is 399 g/mol. The second-order valence-electron chi connectivity index (χ2n) is 5.76. The first-order valence-electron chi connectivity index (χ1n) is 8.12. The lowest BCUT2D eigenvalue weighted by molar-refractivity contribution is -0.665. The van der Waals surface area contributed by atoms with Crippen molar-refractivity contribution in [1.29, 1.82) is 0 Å². The van der Waals surface area contributed by atoms with E-state index in [1.54, 1.807) is 0 Å². The van der Waals surface area contributed by atoms with Gasteiger partial charge in [0.25, 0.3) is 5.91 Å². The minimum atomic E-state index is -0.864. The molecule has 0 rings (SSSR count). The second-order valence-corrected chi connectivity index (χ2v) is 5.76. The van der Waals surface area contributed by atoms with Crippen molar-refractivity contribution in [3.05, 3.63) is 36.3 Å². The van der Waals surface area contributed by atoms with Crippen LogP contribution in [-0.2, 0) is 33.5 Å². The molecule has 156 valence electrons. The van der Waals surface area contributed by atoms with Crippen LogP contribution in [0.1, 0.15) is 20.3 Å². The van der Waals surface area contributed by atoms with Crippen LogP contribution in [-0.4, -0.2) is 49.6 Å². The highest BCUT2D eigenvalue weighted by Gasteiger charge is 2.19. The number of hydrogen-bond acceptors (Lipinski definition) is 8. The highest BCUT2D eigenvalue weighted by atomic mass is 17.1. The van der Waals surface area contributed by atoms with Gasteiger partial charge < -0.3 is 36.0 Å². The molecule has 0 aromatic rings. The Kier molecular flexibility index (Phi) is 11.6. The fraction of sp³-hybridized carbons (Fsp3) is 0.412. The average molecular weight is 399 g/mol. The molecule has 1 atom stereocenters. The number of carbonyl (C=O) groups is 4. The number of amides is 2. The van der Waals surface area contributed by atoms with E-state index in [1.807, 2.05) is 0 Å². The molecule has 0 unspecified atom stereocenters. The Bertz CT molecular complexity index is 657. The third-order valence-corrected chi connectivity index (χ3v) is 2.98. The molecule has 0 saturated heterocycles. The zero-order valence-corrected chi connectivity index (χ0v) is 15.9. The molecule has 0 aliphatic carbocycles. The van der Waals surface area contributed by atoms with Crippen molar-refractivity contribution in [1.82, 2.24) is 10.6 Å². The summed E-state index contributed by atoms with van der Waals surface area (Å²) in [6.07, 6.45) is 0.527. The maximum Gasteiger partial charge on any atom is 0.333 e. The number of nitrogens with one attached hydrogen (secondary N) is 2. The Morgan fingerprint density at radius 2 is 1.68 bits per heavy atom. The summed E-state index contributed by atoms with van der Waals surface area (Å²) in [5, 5.41) is 15.0. The fourth-order valence-corrected chi connectivity index (χ4v) is 1.48. The molecule has 0 bridgehead atoms. The summed E-state index contributed by atoms with van der Waals surface area (Å²) in [5.74, 6) is -2.42. The molecular weight excluding hydrogens is 374 g/mol. The Morgan fingerprint density at radius 3 is 2.21 bits per heavy atom. The topological polar surface area (TPSA) is 171 Å². The van der Waals surface area contributed by atoms with Gasteiger partial charge in [-0.25, -0.2) is 9.59 Å². The highest BCUT2D eigenvalue weighted by molar-refractivity contribution is 5.88. The first-order valence-corrected chi connectivity index (χ1v) is 8.12. The van der Waals surface area contributed by atoms with Crippen molar-refractivity contribution in [2.24, 2.45) is 0 Å². The molecule has 2 amide bonds. The predicted octanol–water partition coefficient (Wildman–Crippen LogP) is -2.41. The third-order valence-electron chi connectivity index (χ3n) is 2.98. The van der Waals surface area contributed by atoms with Crippen LogP contribution in [0.3, 0.4) is 0 Å². The van der Waals surface area contributed by atoms with Crippen LogP contribution in [0, 0.1) is 0 Å². The first-order chi connectivity index (χ1) is 13.1. The van der Waals surface area contributed by atoms with Gasteiger partial charge in [0.15, 0.2) is 12.6 Å². The van der Waals surface area contributed by atoms with E-state index in [0.717, 1.165) is 0 Å². The zero-order chi connectivity index (χ0) is 21.7. The number of rotatable bonds is 12. The van der Waals surface area contributed by atoms with Crippen LogP contribution in [0.5, 0.6) is 0 Å². The fourth-order valence-electron chi connectivity index (χ4n) is 1.48. The minimum absolute atomic E-state index is 0.0395. The van der Waals surface area contributed by atoms with Gasteiger partial charge in [-0.05, 0) is 13.8 Å². The summed E-state index contributed by atoms with van der Waals surface area (Å²) < 4.78 is 9.61. The number of quaternary nitrogens is 1. The summed E-state index contributed by atoms with van der Waals surface area (Å²) in [6.45, 7) is 9.04. The Labute approximate surface area is 162 Å². The van der Waals surface area contributed by atoms with Gasteiger partial charge in [0.2, 0.25) is 5.91 Å². The van der Waals surface area contributed by atoms with Gasteiger partial charge in [0, 0.05) is 24.1 Å². The number of carbonyl (C=O) groups excluding carboxylic acids is 4. The minimum Gasteiger partial charge on any atom is -0.664 e. The maximum atomic E-state index is 11.8. The molecule has 11 heteroatoms. The Morgan fingerprint density at radius 1 is 1.11 bits per heavy atom. The predicted molar refractivity (Wildman–Crippen MR) is 93.2 cm³/mol. The smallest absolute Gasteiger partial charge is 0.333 e. The number of ether oxygens (including phenoxy) is 2. The van der Waals surface area contributed by atoms with E-state index < -0.39 is 36.4 Å². The lowest BCUT2D eigenvalue weighted by Gasteiger charge is -2.13. The van der Waals surface area contributed by atoms with Crippen LogP contribution in [0.2, 0.25) is 0 Å². The van der Waals surface area contributed by atoms with Crippen molar-refractivity contribution in [2.75, 3.05) is 19.8 Å². The molecule has 0 aliphatic heterocycles. The van der Waals surface area contributed by atoms with Crippen molar-refractivity contribution in [3.8, 4) is 0 Å². The van der Waals surface area contributed by atoms with Crippen LogP contribution in [0.25, 0.3) is 0 Å². The molecular formula is C17H25N3O8. The highest BCUT2D eigenvalue weighted by Crippen LogP contribution is 1.98. The SMILES string of the molecule is C=C(C)C(=O)OC/C(=C/O[O-])NC(=O)CCNC(=O)[C@@H]([NH3+])COC(=O)C(=C)C. The molecule has 11 nitrogen and oxygen atoms in total. The van der Waals surface area contributed by atoms with Crippen LogP contribution < -0.4 is 21.6 Å². The number of esters is 2. The maximum absolute atomic E-state index is 11.8. The molecule has 0 fully saturated rings. The van der Waals surface area contributed by atoms with E-state index in [-0.39, 0.29) is 36.4 Å². The van der Waals surface area contributed by atoms with E-state index >= 15 is 0 Å². The van der Waals surface area contributed by atoms with Gasteiger partial charge >= 0.3 is 11.9 Å². The van der Waals surface area contributed by atoms with Crippen LogP contribution in [0.4, 0.5) is 0 Å². The molecule has 0 aromatic heterocycles. The summed E-state index contributed by atoms with van der Waals surface area (Å²) in [7, 11) is 0. The van der Waals surface area contributed by atoms with Gasteiger partial charge in [-0.2, -0.15) is 0 Å². The lowest BCUT2D eigenvalue weighted by atomic mass is 10.3. The van der Waals surface area contributed by atoms with Crippen molar-refractivity contribution >= 4 is 23.8 Å².